The van der Waals surface area contributed by atoms with Crippen molar-refractivity contribution in [2.24, 2.45) is 5.73 Å². The number of Topliss-reactive ketones (excluding diaryl/α,β-unsaturated/α-hetero) is 1. The molecule has 0 radical (unpaired) electrons. The maximum atomic E-state index is 12.3. The first kappa shape index (κ1) is 29.9. The number of unbranched alkanes of at least 4 members (excludes halogenated alkanes) is 8. The minimum absolute atomic E-state index is 0.0559. The Labute approximate surface area is 213 Å². The minimum Gasteiger partial charge on any atom is -0.463 e. The highest BCUT2D eigenvalue weighted by Crippen LogP contribution is 2.33. The maximum absolute atomic E-state index is 12.3. The van der Waals surface area contributed by atoms with Gasteiger partial charge in [-0.3, -0.25) is 9.59 Å². The summed E-state index contributed by atoms with van der Waals surface area (Å²) in [4.78, 5) is 35.2. The van der Waals surface area contributed by atoms with E-state index in [0.29, 0.717) is 18.1 Å². The molecule has 2 saturated heterocycles. The number of hydrogen-bond acceptors (Lipinski definition) is 8. The third kappa shape index (κ3) is 11.9. The van der Waals surface area contributed by atoms with Crippen molar-refractivity contribution < 1.29 is 29.3 Å². The molecule has 2 fully saturated rings. The quantitative estimate of drug-likeness (QED) is 0.0942. The van der Waals surface area contributed by atoms with Gasteiger partial charge in [0.1, 0.15) is 18.5 Å². The van der Waals surface area contributed by atoms with Crippen LogP contribution in [-0.2, 0) is 14.3 Å². The molecule has 0 aromatic heterocycles. The van der Waals surface area contributed by atoms with Crippen molar-refractivity contribution in [3.63, 3.8) is 0 Å². The predicted octanol–water partition coefficient (Wildman–Crippen LogP) is 2.41. The molecule has 2 heterocycles. The van der Waals surface area contributed by atoms with E-state index in [1.807, 2.05) is 11.8 Å². The number of fused-ring (bicyclic) bond motifs is 1. The van der Waals surface area contributed by atoms with Crippen molar-refractivity contribution in [1.82, 2.24) is 10.6 Å². The number of urea groups is 1. The number of ether oxygens (including phenoxy) is 1. The SMILES string of the molecule is NC(CCCCCCCCCCC(=O)OCC(O)CO)C(=O)CCCC[C@@H]1SC[C@@H]2NC(=O)N[C@@H]21. The summed E-state index contributed by atoms with van der Waals surface area (Å²) >= 11 is 1.91. The second kappa shape index (κ2) is 17.2. The van der Waals surface area contributed by atoms with E-state index < -0.39 is 12.7 Å². The number of carbonyl (C=O) groups excluding carboxylic acids is 3. The molecule has 35 heavy (non-hydrogen) atoms. The molecule has 0 saturated carbocycles. The van der Waals surface area contributed by atoms with E-state index in [9.17, 15) is 14.4 Å². The van der Waals surface area contributed by atoms with Gasteiger partial charge in [0.25, 0.3) is 0 Å². The monoisotopic (exact) mass is 515 g/mol. The average Bonchev–Trinajstić information content (AvgIpc) is 3.40. The van der Waals surface area contributed by atoms with Gasteiger partial charge < -0.3 is 31.3 Å². The Morgan fingerprint density at radius 1 is 1.00 bits per heavy atom. The smallest absolute Gasteiger partial charge is 0.315 e. The third-order valence-corrected chi connectivity index (χ3v) is 8.32. The second-order valence-corrected chi connectivity index (χ2v) is 11.1. The number of thioether (sulfide) groups is 1. The van der Waals surface area contributed by atoms with Crippen LogP contribution in [0, 0.1) is 0 Å². The van der Waals surface area contributed by atoms with Crippen LogP contribution in [0.5, 0.6) is 0 Å². The first-order valence-corrected chi connectivity index (χ1v) is 14.4. The number of esters is 1. The molecular formula is C25H45N3O6S. The summed E-state index contributed by atoms with van der Waals surface area (Å²) in [5, 5.41) is 24.2. The van der Waals surface area contributed by atoms with Crippen LogP contribution in [0.1, 0.15) is 89.9 Å². The number of aliphatic hydroxyl groups excluding tert-OH is 2. The largest absolute Gasteiger partial charge is 0.463 e. The van der Waals surface area contributed by atoms with E-state index in [2.05, 4.69) is 10.6 Å². The first-order chi connectivity index (χ1) is 16.9. The minimum atomic E-state index is -0.997. The molecule has 0 aliphatic carbocycles. The molecule has 2 rings (SSSR count). The molecule has 202 valence electrons. The molecule has 0 spiro atoms. The third-order valence-electron chi connectivity index (χ3n) is 6.81. The lowest BCUT2D eigenvalue weighted by molar-refractivity contribution is -0.147. The van der Waals surface area contributed by atoms with Crippen molar-refractivity contribution in [2.75, 3.05) is 19.0 Å². The van der Waals surface area contributed by atoms with Gasteiger partial charge in [0.15, 0.2) is 0 Å². The summed E-state index contributed by atoms with van der Waals surface area (Å²) in [7, 11) is 0. The fourth-order valence-electron chi connectivity index (χ4n) is 4.64. The standard InChI is InChI=1S/C25H45N3O6S/c26-19(21(31)12-9-10-13-22-24-20(17-35-22)27-25(33)28-24)11-7-5-3-1-2-4-6-8-14-23(32)34-16-18(30)15-29/h18-20,22,24,29-30H,1-17,26H2,(H2,27,28,33)/t18?,19?,20-,22-,24-/m0/s1. The van der Waals surface area contributed by atoms with Gasteiger partial charge >= 0.3 is 12.0 Å². The van der Waals surface area contributed by atoms with Gasteiger partial charge in [-0.15, -0.1) is 0 Å². The molecule has 9 nitrogen and oxygen atoms in total. The van der Waals surface area contributed by atoms with Crippen molar-refractivity contribution in [3.8, 4) is 0 Å². The summed E-state index contributed by atoms with van der Waals surface area (Å²) in [5.41, 5.74) is 6.10. The van der Waals surface area contributed by atoms with Gasteiger partial charge in [0.2, 0.25) is 0 Å². The average molecular weight is 516 g/mol. The van der Waals surface area contributed by atoms with Crippen LogP contribution in [0.15, 0.2) is 0 Å². The highest BCUT2D eigenvalue weighted by Gasteiger charge is 2.42. The lowest BCUT2D eigenvalue weighted by Crippen LogP contribution is -2.36. The molecule has 0 aromatic rings. The molecule has 2 aliphatic rings. The van der Waals surface area contributed by atoms with Crippen molar-refractivity contribution >= 4 is 29.5 Å². The number of rotatable bonds is 20. The van der Waals surface area contributed by atoms with E-state index in [1.54, 1.807) is 0 Å². The topological polar surface area (TPSA) is 151 Å². The Hall–Kier alpha value is -1.36. The van der Waals surface area contributed by atoms with Crippen LogP contribution >= 0.6 is 11.8 Å². The van der Waals surface area contributed by atoms with Gasteiger partial charge in [-0.25, -0.2) is 4.79 Å². The number of carbonyl (C=O) groups is 3. The predicted molar refractivity (Wildman–Crippen MR) is 137 cm³/mol. The maximum Gasteiger partial charge on any atom is 0.315 e. The van der Waals surface area contributed by atoms with Crippen molar-refractivity contribution in [3.05, 3.63) is 0 Å². The van der Waals surface area contributed by atoms with Crippen molar-refractivity contribution in [2.45, 2.75) is 119 Å². The fraction of sp³-hybridized carbons (Fsp3) is 0.880. The number of hydrogen-bond donors (Lipinski definition) is 5. The Morgan fingerprint density at radius 2 is 1.66 bits per heavy atom. The summed E-state index contributed by atoms with van der Waals surface area (Å²) in [5.74, 6) is 0.807. The van der Waals surface area contributed by atoms with Crippen LogP contribution in [0.25, 0.3) is 0 Å². The van der Waals surface area contributed by atoms with Gasteiger partial charge in [-0.1, -0.05) is 51.4 Å². The van der Waals surface area contributed by atoms with Crippen LogP contribution in [-0.4, -0.2) is 76.4 Å². The van der Waals surface area contributed by atoms with Gasteiger partial charge in [0, 0.05) is 23.8 Å². The number of amides is 2. The van der Waals surface area contributed by atoms with Crippen molar-refractivity contribution in [1.29, 1.82) is 0 Å². The normalized spacial score (nSPS) is 22.8. The molecule has 2 unspecified atom stereocenters. The Bertz CT molecular complexity index is 653. The number of ketones is 1. The summed E-state index contributed by atoms with van der Waals surface area (Å²) < 4.78 is 4.87. The number of nitrogens with one attached hydrogen (secondary N) is 2. The summed E-state index contributed by atoms with van der Waals surface area (Å²) in [6.45, 7) is -0.553. The zero-order valence-corrected chi connectivity index (χ0v) is 21.7. The molecule has 0 aromatic carbocycles. The van der Waals surface area contributed by atoms with Crippen LogP contribution in [0.2, 0.25) is 0 Å². The second-order valence-electron chi connectivity index (χ2n) is 9.83. The zero-order valence-electron chi connectivity index (χ0n) is 20.9. The zero-order chi connectivity index (χ0) is 25.5. The molecular weight excluding hydrogens is 470 g/mol. The fourth-order valence-corrected chi connectivity index (χ4v) is 6.19. The molecule has 2 aliphatic heterocycles. The lowest BCUT2D eigenvalue weighted by atomic mass is 9.98. The Kier molecular flexibility index (Phi) is 14.6. The highest BCUT2D eigenvalue weighted by molar-refractivity contribution is 8.00. The lowest BCUT2D eigenvalue weighted by Gasteiger charge is -2.16. The van der Waals surface area contributed by atoms with Crippen LogP contribution in [0.3, 0.4) is 0 Å². The van der Waals surface area contributed by atoms with Crippen LogP contribution in [0.4, 0.5) is 4.79 Å². The molecule has 6 N–H and O–H groups in total. The summed E-state index contributed by atoms with van der Waals surface area (Å²) in [6.07, 6.45) is 11.8. The van der Waals surface area contributed by atoms with Gasteiger partial charge in [0.05, 0.1) is 24.7 Å². The Balaban J connectivity index is 1.36. The van der Waals surface area contributed by atoms with E-state index >= 15 is 0 Å². The van der Waals surface area contributed by atoms with Gasteiger partial charge in [-0.2, -0.15) is 11.8 Å². The van der Waals surface area contributed by atoms with E-state index in [1.165, 1.54) is 0 Å². The molecule has 10 heteroatoms. The Morgan fingerprint density at radius 3 is 2.37 bits per heavy atom. The highest BCUT2D eigenvalue weighted by atomic mass is 32.2. The number of aliphatic hydroxyl groups is 2. The van der Waals surface area contributed by atoms with E-state index in [-0.39, 0.29) is 42.5 Å². The number of nitrogens with two attached hydrogens (primary N) is 1. The van der Waals surface area contributed by atoms with Crippen LogP contribution < -0.4 is 16.4 Å². The van der Waals surface area contributed by atoms with Gasteiger partial charge in [-0.05, 0) is 25.7 Å². The van der Waals surface area contributed by atoms with E-state index in [0.717, 1.165) is 82.8 Å². The molecule has 0 bridgehead atoms. The summed E-state index contributed by atoms with van der Waals surface area (Å²) in [6, 6.07) is 0.0763. The molecule has 5 atom stereocenters. The first-order valence-electron chi connectivity index (χ1n) is 13.3. The molecule has 2 amide bonds. The van der Waals surface area contributed by atoms with E-state index in [4.69, 9.17) is 20.7 Å².